The van der Waals surface area contributed by atoms with Gasteiger partial charge < -0.3 is 4.90 Å². The van der Waals surface area contributed by atoms with Crippen molar-refractivity contribution in [1.29, 1.82) is 0 Å². The third-order valence-corrected chi connectivity index (χ3v) is 3.76. The lowest BCUT2D eigenvalue weighted by molar-refractivity contribution is -0.128. The molecule has 116 valence electrons. The van der Waals surface area contributed by atoms with Gasteiger partial charge in [0, 0.05) is 32.5 Å². The first kappa shape index (κ1) is 15.2. The Morgan fingerprint density at radius 3 is 2.17 bits per heavy atom. The van der Waals surface area contributed by atoms with Crippen molar-refractivity contribution in [3.8, 4) is 11.3 Å². The molecule has 4 nitrogen and oxygen atoms in total. The van der Waals surface area contributed by atoms with Gasteiger partial charge in [-0.1, -0.05) is 42.5 Å². The Labute approximate surface area is 135 Å². The van der Waals surface area contributed by atoms with Crippen LogP contribution < -0.4 is 0 Å². The lowest BCUT2D eigenvalue weighted by Crippen LogP contribution is -2.22. The van der Waals surface area contributed by atoms with E-state index in [4.69, 9.17) is 9.97 Å². The molecule has 0 aliphatic heterocycles. The summed E-state index contributed by atoms with van der Waals surface area (Å²) >= 11 is 0. The monoisotopic (exact) mass is 305 g/mol. The number of carbonyl (C=O) groups excluding carboxylic acids is 1. The quantitative estimate of drug-likeness (QED) is 0.743. The number of rotatable bonds is 4. The molecule has 0 fully saturated rings. The van der Waals surface area contributed by atoms with Crippen molar-refractivity contribution in [3.63, 3.8) is 0 Å². The topological polar surface area (TPSA) is 46.1 Å². The minimum absolute atomic E-state index is 0.0963. The molecule has 4 heteroatoms. The average Bonchev–Trinajstić information content (AvgIpc) is 2.59. The predicted octanol–water partition coefficient (Wildman–Crippen LogP) is 3.32. The van der Waals surface area contributed by atoms with Crippen LogP contribution in [0.1, 0.15) is 12.1 Å². The Kier molecular flexibility index (Phi) is 4.33. The molecule has 0 atom stereocenters. The molecule has 0 radical (unpaired) electrons. The van der Waals surface area contributed by atoms with Crippen molar-refractivity contribution in [3.05, 3.63) is 60.3 Å². The number of hydrogen-bond acceptors (Lipinski definition) is 3. The van der Waals surface area contributed by atoms with E-state index >= 15 is 0 Å². The zero-order valence-electron chi connectivity index (χ0n) is 13.4. The molecule has 3 aromatic rings. The highest BCUT2D eigenvalue weighted by molar-refractivity contribution is 5.79. The van der Waals surface area contributed by atoms with Crippen molar-refractivity contribution in [2.24, 2.45) is 0 Å². The molecular formula is C19H19N3O. The largest absolute Gasteiger partial charge is 0.349 e. The molecular weight excluding hydrogens is 286 g/mol. The summed E-state index contributed by atoms with van der Waals surface area (Å²) in [6.07, 6.45) is 1.01. The van der Waals surface area contributed by atoms with E-state index in [0.717, 1.165) is 28.0 Å². The average molecular weight is 305 g/mol. The number of para-hydroxylation sites is 2. The van der Waals surface area contributed by atoms with Gasteiger partial charge in [0.2, 0.25) is 5.91 Å². The maximum Gasteiger partial charge on any atom is 0.222 e. The van der Waals surface area contributed by atoms with Crippen molar-refractivity contribution in [2.75, 3.05) is 14.1 Å². The number of carbonyl (C=O) groups is 1. The fourth-order valence-electron chi connectivity index (χ4n) is 2.49. The molecule has 0 bridgehead atoms. The molecule has 0 N–H and O–H groups in total. The van der Waals surface area contributed by atoms with Gasteiger partial charge in [-0.15, -0.1) is 0 Å². The standard InChI is InChI=1S/C19H19N3O/c1-22(2)18(23)13-12-17-19(14-8-4-3-5-9-14)21-16-11-7-6-10-15(16)20-17/h3-11H,12-13H2,1-2H3. The molecule has 3 rings (SSSR count). The van der Waals surface area contributed by atoms with Gasteiger partial charge in [-0.3, -0.25) is 4.79 Å². The lowest BCUT2D eigenvalue weighted by Gasteiger charge is -2.12. The Bertz CT molecular complexity index is 828. The smallest absolute Gasteiger partial charge is 0.222 e. The first-order chi connectivity index (χ1) is 11.1. The highest BCUT2D eigenvalue weighted by atomic mass is 16.2. The highest BCUT2D eigenvalue weighted by Crippen LogP contribution is 2.24. The summed E-state index contributed by atoms with van der Waals surface area (Å²) in [4.78, 5) is 23.0. The van der Waals surface area contributed by atoms with Gasteiger partial charge in [0.1, 0.15) is 0 Å². The van der Waals surface area contributed by atoms with Crippen LogP contribution in [-0.2, 0) is 11.2 Å². The number of nitrogens with zero attached hydrogens (tertiary/aromatic N) is 3. The maximum absolute atomic E-state index is 11.9. The van der Waals surface area contributed by atoms with Crippen LogP contribution in [0.3, 0.4) is 0 Å². The lowest BCUT2D eigenvalue weighted by atomic mass is 10.1. The van der Waals surface area contributed by atoms with Crippen LogP contribution >= 0.6 is 0 Å². The normalized spacial score (nSPS) is 10.7. The van der Waals surface area contributed by atoms with Gasteiger partial charge in [0.15, 0.2) is 0 Å². The molecule has 1 amide bonds. The summed E-state index contributed by atoms with van der Waals surface area (Å²) in [7, 11) is 3.54. The molecule has 0 aliphatic carbocycles. The van der Waals surface area contributed by atoms with E-state index in [-0.39, 0.29) is 5.91 Å². The SMILES string of the molecule is CN(C)C(=O)CCc1nc2ccccc2nc1-c1ccccc1. The van der Waals surface area contributed by atoms with Gasteiger partial charge >= 0.3 is 0 Å². The van der Waals surface area contributed by atoms with E-state index in [1.807, 2.05) is 54.6 Å². The third-order valence-electron chi connectivity index (χ3n) is 3.76. The summed E-state index contributed by atoms with van der Waals surface area (Å²) in [5.41, 5.74) is 4.48. The number of aromatic nitrogens is 2. The first-order valence-corrected chi connectivity index (χ1v) is 7.66. The fraction of sp³-hybridized carbons (Fsp3) is 0.211. The van der Waals surface area contributed by atoms with Crippen molar-refractivity contribution < 1.29 is 4.79 Å². The molecule has 0 spiro atoms. The second-order valence-electron chi connectivity index (χ2n) is 5.66. The summed E-state index contributed by atoms with van der Waals surface area (Å²) < 4.78 is 0. The van der Waals surface area contributed by atoms with E-state index < -0.39 is 0 Å². The number of amides is 1. The molecule has 0 saturated heterocycles. The molecule has 0 unspecified atom stereocenters. The second kappa shape index (κ2) is 6.57. The van der Waals surface area contributed by atoms with E-state index in [2.05, 4.69) is 0 Å². The Morgan fingerprint density at radius 1 is 0.913 bits per heavy atom. The van der Waals surface area contributed by atoms with Crippen LogP contribution in [-0.4, -0.2) is 34.9 Å². The first-order valence-electron chi connectivity index (χ1n) is 7.66. The van der Waals surface area contributed by atoms with Crippen LogP contribution in [0.15, 0.2) is 54.6 Å². The molecule has 0 aliphatic rings. The number of aryl methyl sites for hydroxylation is 1. The summed E-state index contributed by atoms with van der Waals surface area (Å²) in [6.45, 7) is 0. The van der Waals surface area contributed by atoms with E-state index in [9.17, 15) is 4.79 Å². The minimum atomic E-state index is 0.0963. The van der Waals surface area contributed by atoms with Gasteiger partial charge in [-0.25, -0.2) is 9.97 Å². The molecule has 1 heterocycles. The minimum Gasteiger partial charge on any atom is -0.349 e. The second-order valence-corrected chi connectivity index (χ2v) is 5.66. The predicted molar refractivity (Wildman–Crippen MR) is 92.0 cm³/mol. The van der Waals surface area contributed by atoms with E-state index in [1.165, 1.54) is 0 Å². The van der Waals surface area contributed by atoms with Crippen LogP contribution in [0.2, 0.25) is 0 Å². The van der Waals surface area contributed by atoms with Gasteiger partial charge in [0.05, 0.1) is 22.4 Å². The summed E-state index contributed by atoms with van der Waals surface area (Å²) in [5, 5.41) is 0. The molecule has 23 heavy (non-hydrogen) atoms. The Morgan fingerprint density at radius 2 is 1.52 bits per heavy atom. The maximum atomic E-state index is 11.9. The molecule has 2 aromatic carbocycles. The number of fused-ring (bicyclic) bond motifs is 1. The van der Waals surface area contributed by atoms with Gasteiger partial charge in [-0.2, -0.15) is 0 Å². The summed E-state index contributed by atoms with van der Waals surface area (Å²) in [5.74, 6) is 0.0963. The van der Waals surface area contributed by atoms with Crippen LogP contribution in [0.5, 0.6) is 0 Å². The van der Waals surface area contributed by atoms with Gasteiger partial charge in [0.25, 0.3) is 0 Å². The van der Waals surface area contributed by atoms with Crippen LogP contribution in [0.25, 0.3) is 22.3 Å². The van der Waals surface area contributed by atoms with E-state index in [0.29, 0.717) is 12.8 Å². The molecule has 1 aromatic heterocycles. The third kappa shape index (κ3) is 3.37. The van der Waals surface area contributed by atoms with Crippen LogP contribution in [0, 0.1) is 0 Å². The van der Waals surface area contributed by atoms with Crippen LogP contribution in [0.4, 0.5) is 0 Å². The zero-order valence-corrected chi connectivity index (χ0v) is 13.4. The highest BCUT2D eigenvalue weighted by Gasteiger charge is 2.13. The Hall–Kier alpha value is -2.75. The molecule has 0 saturated carbocycles. The van der Waals surface area contributed by atoms with Crippen molar-refractivity contribution >= 4 is 16.9 Å². The Balaban J connectivity index is 2.04. The summed E-state index contributed by atoms with van der Waals surface area (Å²) in [6, 6.07) is 17.8. The van der Waals surface area contributed by atoms with Crippen molar-refractivity contribution in [2.45, 2.75) is 12.8 Å². The zero-order chi connectivity index (χ0) is 16.2. The van der Waals surface area contributed by atoms with Gasteiger partial charge in [-0.05, 0) is 12.1 Å². The number of benzene rings is 2. The van der Waals surface area contributed by atoms with E-state index in [1.54, 1.807) is 19.0 Å². The fourth-order valence-corrected chi connectivity index (χ4v) is 2.49. The number of hydrogen-bond donors (Lipinski definition) is 0. The van der Waals surface area contributed by atoms with Crippen molar-refractivity contribution in [1.82, 2.24) is 14.9 Å².